The second-order valence-electron chi connectivity index (χ2n) is 4.34. The van der Waals surface area contributed by atoms with Gasteiger partial charge in [0.05, 0.1) is 0 Å². The summed E-state index contributed by atoms with van der Waals surface area (Å²) >= 11 is 2.00. The number of nitrogens with one attached hydrogen (secondary N) is 1. The van der Waals surface area contributed by atoms with Gasteiger partial charge in [-0.25, -0.2) is 0 Å². The van der Waals surface area contributed by atoms with Crippen LogP contribution in [0.3, 0.4) is 0 Å². The van der Waals surface area contributed by atoms with Crippen LogP contribution < -0.4 is 5.32 Å². The Hall–Kier alpha value is -0.470. The zero-order chi connectivity index (χ0) is 10.5. The molecule has 1 unspecified atom stereocenters. The van der Waals surface area contributed by atoms with E-state index in [9.17, 15) is 0 Å². The number of piperidine rings is 1. The second kappa shape index (κ2) is 5.57. The van der Waals surface area contributed by atoms with Crippen LogP contribution in [0.5, 0.6) is 0 Å². The monoisotopic (exact) mass is 221 g/mol. The smallest absolute Gasteiger partial charge is 0.00746 e. The first-order chi connectivity index (χ1) is 7.34. The zero-order valence-corrected chi connectivity index (χ0v) is 10.1. The summed E-state index contributed by atoms with van der Waals surface area (Å²) in [6.45, 7) is 4.58. The first kappa shape index (κ1) is 11.0. The topological polar surface area (TPSA) is 12.0 Å². The van der Waals surface area contributed by atoms with E-state index in [1.165, 1.54) is 42.1 Å². The molecule has 0 bridgehead atoms. The third-order valence-electron chi connectivity index (χ3n) is 2.87. The number of hydrogen-bond donors (Lipinski definition) is 1. The predicted molar refractivity (Wildman–Crippen MR) is 67.5 cm³/mol. The average Bonchev–Trinajstić information content (AvgIpc) is 2.28. The van der Waals surface area contributed by atoms with Gasteiger partial charge in [-0.15, -0.1) is 11.8 Å². The molecule has 15 heavy (non-hydrogen) atoms. The van der Waals surface area contributed by atoms with Gasteiger partial charge in [0.15, 0.2) is 0 Å². The minimum Gasteiger partial charge on any atom is -0.316 e. The summed E-state index contributed by atoms with van der Waals surface area (Å²) < 4.78 is 0. The molecular weight excluding hydrogens is 202 g/mol. The first-order valence-corrected chi connectivity index (χ1v) is 6.73. The summed E-state index contributed by atoms with van der Waals surface area (Å²) in [5.41, 5.74) is 1.36. The minimum absolute atomic E-state index is 0.865. The van der Waals surface area contributed by atoms with Crippen LogP contribution in [0.15, 0.2) is 29.2 Å². The summed E-state index contributed by atoms with van der Waals surface area (Å²) in [7, 11) is 0. The molecule has 1 heterocycles. The van der Waals surface area contributed by atoms with E-state index in [0.29, 0.717) is 0 Å². The van der Waals surface area contributed by atoms with E-state index in [0.717, 1.165) is 5.92 Å². The third-order valence-corrected chi connectivity index (χ3v) is 4.10. The first-order valence-electron chi connectivity index (χ1n) is 5.75. The molecular formula is C13H19NS. The minimum atomic E-state index is 0.865. The highest BCUT2D eigenvalue weighted by molar-refractivity contribution is 7.99. The number of thioether (sulfide) groups is 1. The summed E-state index contributed by atoms with van der Waals surface area (Å²) in [5, 5.41) is 3.47. The van der Waals surface area contributed by atoms with E-state index in [1.54, 1.807) is 0 Å². The zero-order valence-electron chi connectivity index (χ0n) is 9.33. The Morgan fingerprint density at radius 1 is 1.47 bits per heavy atom. The highest BCUT2D eigenvalue weighted by atomic mass is 32.2. The fraction of sp³-hybridized carbons (Fsp3) is 0.538. The van der Waals surface area contributed by atoms with Gasteiger partial charge in [-0.2, -0.15) is 0 Å². The summed E-state index contributed by atoms with van der Waals surface area (Å²) in [6.07, 6.45) is 2.74. The molecule has 1 nitrogen and oxygen atoms in total. The maximum atomic E-state index is 3.47. The molecule has 0 amide bonds. The average molecular weight is 221 g/mol. The maximum Gasteiger partial charge on any atom is 0.00746 e. The van der Waals surface area contributed by atoms with Crippen molar-refractivity contribution in [1.82, 2.24) is 5.32 Å². The fourth-order valence-corrected chi connectivity index (χ4v) is 3.14. The molecule has 1 N–H and O–H groups in total. The van der Waals surface area contributed by atoms with E-state index in [2.05, 4.69) is 36.5 Å². The lowest BCUT2D eigenvalue weighted by atomic mass is 10.0. The standard InChI is InChI=1S/C13H19NS/c1-11-4-2-6-13(8-11)15-10-12-5-3-7-14-9-12/h2,4,6,8,12,14H,3,5,7,9-10H2,1H3. The number of benzene rings is 1. The van der Waals surface area contributed by atoms with Crippen molar-refractivity contribution >= 4 is 11.8 Å². The third kappa shape index (κ3) is 3.54. The largest absolute Gasteiger partial charge is 0.316 e. The molecule has 1 atom stereocenters. The summed E-state index contributed by atoms with van der Waals surface area (Å²) in [6, 6.07) is 8.80. The molecule has 1 aliphatic rings. The van der Waals surface area contributed by atoms with Gasteiger partial charge in [-0.05, 0) is 50.9 Å². The van der Waals surface area contributed by atoms with E-state index < -0.39 is 0 Å². The van der Waals surface area contributed by atoms with Gasteiger partial charge in [0.1, 0.15) is 0 Å². The molecule has 0 aliphatic carbocycles. The molecule has 0 radical (unpaired) electrons. The van der Waals surface area contributed by atoms with Gasteiger partial charge in [-0.1, -0.05) is 17.7 Å². The van der Waals surface area contributed by atoms with E-state index >= 15 is 0 Å². The fourth-order valence-electron chi connectivity index (χ4n) is 1.99. The number of hydrogen-bond acceptors (Lipinski definition) is 2. The van der Waals surface area contributed by atoms with E-state index in [-0.39, 0.29) is 0 Å². The van der Waals surface area contributed by atoms with Crippen molar-refractivity contribution in [3.63, 3.8) is 0 Å². The van der Waals surface area contributed by atoms with Gasteiger partial charge >= 0.3 is 0 Å². The van der Waals surface area contributed by atoms with Gasteiger partial charge < -0.3 is 5.32 Å². The Labute approximate surface area is 96.7 Å². The second-order valence-corrected chi connectivity index (χ2v) is 5.43. The van der Waals surface area contributed by atoms with Gasteiger partial charge in [0, 0.05) is 10.6 Å². The molecule has 2 rings (SSSR count). The quantitative estimate of drug-likeness (QED) is 0.787. The summed E-state index contributed by atoms with van der Waals surface area (Å²) in [5.74, 6) is 2.13. The Bertz CT molecular complexity index is 305. The van der Waals surface area contributed by atoms with Crippen LogP contribution >= 0.6 is 11.8 Å². The van der Waals surface area contributed by atoms with Crippen molar-refractivity contribution in [2.75, 3.05) is 18.8 Å². The molecule has 1 aliphatic heterocycles. The number of rotatable bonds is 3. The van der Waals surface area contributed by atoms with E-state index in [1.807, 2.05) is 11.8 Å². The van der Waals surface area contributed by atoms with Gasteiger partial charge in [0.25, 0.3) is 0 Å². The van der Waals surface area contributed by atoms with Gasteiger partial charge in [0.2, 0.25) is 0 Å². The predicted octanol–water partition coefficient (Wildman–Crippen LogP) is 3.09. The lowest BCUT2D eigenvalue weighted by Gasteiger charge is -2.22. The van der Waals surface area contributed by atoms with Crippen LogP contribution in [0.2, 0.25) is 0 Å². The molecule has 1 saturated heterocycles. The Morgan fingerprint density at radius 3 is 3.13 bits per heavy atom. The van der Waals surface area contributed by atoms with Crippen molar-refractivity contribution in [3.8, 4) is 0 Å². The normalized spacial score (nSPS) is 21.5. The maximum absolute atomic E-state index is 3.47. The highest BCUT2D eigenvalue weighted by Gasteiger charge is 2.12. The van der Waals surface area contributed by atoms with Crippen molar-refractivity contribution in [3.05, 3.63) is 29.8 Å². The molecule has 82 valence electrons. The Balaban J connectivity index is 1.81. The van der Waals surface area contributed by atoms with E-state index in [4.69, 9.17) is 0 Å². The SMILES string of the molecule is Cc1cccc(SCC2CCCNC2)c1. The highest BCUT2D eigenvalue weighted by Crippen LogP contribution is 2.24. The van der Waals surface area contributed by atoms with Crippen molar-refractivity contribution < 1.29 is 0 Å². The molecule has 0 aromatic heterocycles. The molecule has 1 aromatic carbocycles. The van der Waals surface area contributed by atoms with Crippen LogP contribution in [-0.4, -0.2) is 18.8 Å². The molecule has 2 heteroatoms. The lowest BCUT2D eigenvalue weighted by molar-refractivity contribution is 0.410. The van der Waals surface area contributed by atoms with Crippen molar-refractivity contribution in [1.29, 1.82) is 0 Å². The Morgan fingerprint density at radius 2 is 2.40 bits per heavy atom. The molecule has 1 aromatic rings. The molecule has 1 fully saturated rings. The van der Waals surface area contributed by atoms with Crippen LogP contribution in [0.1, 0.15) is 18.4 Å². The molecule has 0 saturated carbocycles. The van der Waals surface area contributed by atoms with Crippen LogP contribution in [0, 0.1) is 12.8 Å². The van der Waals surface area contributed by atoms with Crippen LogP contribution in [0.4, 0.5) is 0 Å². The van der Waals surface area contributed by atoms with Crippen molar-refractivity contribution in [2.24, 2.45) is 5.92 Å². The number of aryl methyl sites for hydroxylation is 1. The van der Waals surface area contributed by atoms with Gasteiger partial charge in [-0.3, -0.25) is 0 Å². The summed E-state index contributed by atoms with van der Waals surface area (Å²) in [4.78, 5) is 1.42. The Kier molecular flexibility index (Phi) is 4.09. The van der Waals surface area contributed by atoms with Crippen molar-refractivity contribution in [2.45, 2.75) is 24.7 Å². The van der Waals surface area contributed by atoms with Crippen LogP contribution in [-0.2, 0) is 0 Å². The van der Waals surface area contributed by atoms with Crippen LogP contribution in [0.25, 0.3) is 0 Å². The molecule has 0 spiro atoms. The lowest BCUT2D eigenvalue weighted by Crippen LogP contribution is -2.30.